The molecule has 0 bridgehead atoms. The quantitative estimate of drug-likeness (QED) is 0.218. The second kappa shape index (κ2) is 14.7. The van der Waals surface area contributed by atoms with Gasteiger partial charge in [-0.2, -0.15) is 0 Å². The average molecular weight is 401 g/mol. The molecule has 0 aliphatic rings. The van der Waals surface area contributed by atoms with Gasteiger partial charge in [0.25, 0.3) is 0 Å². The summed E-state index contributed by atoms with van der Waals surface area (Å²) in [5.41, 5.74) is 0.838. The van der Waals surface area contributed by atoms with Gasteiger partial charge in [0.1, 0.15) is 6.23 Å². The Balaban J connectivity index is -0.000000807. The number of carbonyl (C=O) groups is 4. The van der Waals surface area contributed by atoms with Crippen LogP contribution in [0, 0.1) is 0 Å². The number of rotatable bonds is 11. The maximum absolute atomic E-state index is 11.0. The van der Waals surface area contributed by atoms with E-state index in [9.17, 15) is 44.7 Å². The van der Waals surface area contributed by atoms with Crippen molar-refractivity contribution < 1.29 is 133 Å². The van der Waals surface area contributed by atoms with Crippen molar-refractivity contribution in [1.29, 1.82) is 0 Å². The number of carboxylic acids is 4. The van der Waals surface area contributed by atoms with Crippen LogP contribution in [0.3, 0.4) is 0 Å². The Bertz CT molecular complexity index is 470. The Morgan fingerprint density at radius 3 is 1.31 bits per heavy atom. The number of nitrogens with two attached hydrogens (primary N) is 1. The van der Waals surface area contributed by atoms with Crippen LogP contribution in [0.1, 0.15) is 32.6 Å². The van der Waals surface area contributed by atoms with Gasteiger partial charge in [0.15, 0.2) is 0 Å². The number of aliphatic hydroxyl groups is 1. The topological polar surface area (TPSA) is 219 Å². The van der Waals surface area contributed by atoms with Gasteiger partial charge in [-0.25, -0.2) is 0 Å². The van der Waals surface area contributed by atoms with Crippen LogP contribution in [0.5, 0.6) is 0 Å². The molecular formula is C12H16N2Na3O9-. The maximum Gasteiger partial charge on any atom is 1.00 e. The first kappa shape index (κ1) is 34.3. The molecule has 26 heavy (non-hydrogen) atoms. The van der Waals surface area contributed by atoms with Crippen LogP contribution in [-0.2, 0) is 19.2 Å². The first-order valence-electron chi connectivity index (χ1n) is 6.37. The fraction of sp³-hybridized carbons (Fsp3) is 0.667. The van der Waals surface area contributed by atoms with Crippen molar-refractivity contribution >= 4 is 23.9 Å². The molecule has 0 rings (SSSR count). The van der Waals surface area contributed by atoms with Crippen LogP contribution < -0.4 is 120 Å². The van der Waals surface area contributed by atoms with Gasteiger partial charge in [-0.1, -0.05) is 0 Å². The van der Waals surface area contributed by atoms with Gasteiger partial charge in [0.05, 0.1) is 0 Å². The average Bonchev–Trinajstić information content (AvgIpc) is 2.22. The van der Waals surface area contributed by atoms with Crippen LogP contribution in [0.15, 0.2) is 0 Å². The molecule has 0 aliphatic carbocycles. The molecule has 0 aliphatic heterocycles. The predicted octanol–water partition coefficient (Wildman–Crippen LogP) is -16.1. The molecule has 0 aromatic heterocycles. The van der Waals surface area contributed by atoms with Gasteiger partial charge < -0.3 is 50.4 Å². The number of aliphatic hydroxyl groups excluding tert-OH is 1. The summed E-state index contributed by atoms with van der Waals surface area (Å²) in [6.45, 7) is 1.07. The normalized spacial score (nSPS) is 11.8. The van der Waals surface area contributed by atoms with Crippen LogP contribution in [-0.4, -0.2) is 46.3 Å². The van der Waals surface area contributed by atoms with Crippen molar-refractivity contribution in [3.63, 3.8) is 0 Å². The smallest absolute Gasteiger partial charge is 0.550 e. The molecule has 132 valence electrons. The van der Waals surface area contributed by atoms with E-state index in [1.165, 1.54) is 0 Å². The Morgan fingerprint density at radius 1 is 0.846 bits per heavy atom. The van der Waals surface area contributed by atoms with Crippen molar-refractivity contribution in [2.75, 3.05) is 0 Å². The van der Waals surface area contributed by atoms with Crippen molar-refractivity contribution in [2.24, 2.45) is 5.73 Å². The maximum atomic E-state index is 11.0. The van der Waals surface area contributed by atoms with E-state index in [1.54, 1.807) is 0 Å². The van der Waals surface area contributed by atoms with Gasteiger partial charge in [-0.3, -0.25) is 5.32 Å². The number of carboxylic acid groups (broad SMARTS) is 4. The minimum atomic E-state index is -2.48. The zero-order chi connectivity index (χ0) is 18.4. The molecular weight excluding hydrogens is 385 g/mol. The van der Waals surface area contributed by atoms with Crippen LogP contribution in [0.2, 0.25) is 0 Å². The van der Waals surface area contributed by atoms with Gasteiger partial charge >= 0.3 is 88.7 Å². The Kier molecular flexibility index (Phi) is 19.4. The molecule has 1 atom stereocenters. The van der Waals surface area contributed by atoms with Gasteiger partial charge in [0, 0.05) is 60.6 Å². The third-order valence-electron chi connectivity index (χ3n) is 3.25. The molecule has 0 fully saturated rings. The van der Waals surface area contributed by atoms with E-state index < -0.39 is 66.9 Å². The molecule has 0 spiro atoms. The number of carbonyl (C=O) groups excluding carboxylic acids is 4. The first-order chi connectivity index (χ1) is 10.3. The van der Waals surface area contributed by atoms with Crippen LogP contribution in [0.25, 0.3) is 0 Å². The standard InChI is InChI=1S/C12H20N2O9.3Na/c1-6(15)14-12(4-9(20)21,5-10(22)23)11(13,2-7(16)17)3-8(18)19;;;/h6,14-15H,2-5,13H2,1H3,(H,16,17)(H,18,19)(H,20,21)(H,22,23);;;/q;3*+1/p-4. The number of hydrogen-bond donors (Lipinski definition) is 3. The molecule has 4 N–H and O–H groups in total. The Morgan fingerprint density at radius 2 is 1.12 bits per heavy atom. The van der Waals surface area contributed by atoms with Gasteiger partial charge in [-0.15, -0.1) is 0 Å². The summed E-state index contributed by atoms with van der Waals surface area (Å²) in [6, 6.07) is 0. The molecule has 11 nitrogen and oxygen atoms in total. The summed E-state index contributed by atoms with van der Waals surface area (Å²) in [5, 5.41) is 55.2. The number of nitrogens with one attached hydrogen (secondary N) is 1. The van der Waals surface area contributed by atoms with Crippen molar-refractivity contribution in [2.45, 2.75) is 49.9 Å². The Hall–Kier alpha value is 0.760. The summed E-state index contributed by atoms with van der Waals surface area (Å²) in [6.07, 6.45) is -6.41. The Labute approximate surface area is 216 Å². The first-order valence-corrected chi connectivity index (χ1v) is 6.37. The van der Waals surface area contributed by atoms with E-state index in [-0.39, 0.29) is 88.7 Å². The SMILES string of the molecule is CC(O)NC(CC(=O)[O-])(CC(=O)[O-])C(N)(CC(=O)[O-])CC(=O)[O-].[Na+].[Na+].[Na+]. The summed E-state index contributed by atoms with van der Waals surface area (Å²) in [5.74, 6) is -7.43. The van der Waals surface area contributed by atoms with Crippen molar-refractivity contribution in [3.05, 3.63) is 0 Å². The van der Waals surface area contributed by atoms with E-state index in [1.807, 2.05) is 0 Å². The minimum absolute atomic E-state index is 0. The summed E-state index contributed by atoms with van der Waals surface area (Å²) in [7, 11) is 0. The predicted molar refractivity (Wildman–Crippen MR) is 63.0 cm³/mol. The monoisotopic (exact) mass is 401 g/mol. The molecule has 14 heteroatoms. The van der Waals surface area contributed by atoms with Gasteiger partial charge in [-0.05, 0) is 6.92 Å². The second-order valence-electron chi connectivity index (χ2n) is 5.25. The third kappa shape index (κ3) is 11.6. The minimum Gasteiger partial charge on any atom is -0.550 e. The molecule has 0 aromatic rings. The molecule has 1 unspecified atom stereocenters. The third-order valence-corrected chi connectivity index (χ3v) is 3.25. The molecule has 0 saturated heterocycles. The fourth-order valence-electron chi connectivity index (χ4n) is 2.47. The zero-order valence-corrected chi connectivity index (χ0v) is 21.2. The molecule has 0 radical (unpaired) electrons. The van der Waals surface area contributed by atoms with E-state index in [0.717, 1.165) is 6.92 Å². The fourth-order valence-corrected chi connectivity index (χ4v) is 2.47. The van der Waals surface area contributed by atoms with Crippen molar-refractivity contribution in [1.82, 2.24) is 5.32 Å². The van der Waals surface area contributed by atoms with E-state index in [2.05, 4.69) is 5.32 Å². The summed E-state index contributed by atoms with van der Waals surface area (Å²) >= 11 is 0. The number of aliphatic carboxylic acids is 4. The molecule has 0 amide bonds. The van der Waals surface area contributed by atoms with Crippen molar-refractivity contribution in [3.8, 4) is 0 Å². The van der Waals surface area contributed by atoms with Crippen LogP contribution in [0.4, 0.5) is 0 Å². The van der Waals surface area contributed by atoms with Crippen LogP contribution >= 0.6 is 0 Å². The zero-order valence-electron chi connectivity index (χ0n) is 15.2. The number of hydrogen-bond acceptors (Lipinski definition) is 11. The second-order valence-corrected chi connectivity index (χ2v) is 5.25. The summed E-state index contributed by atoms with van der Waals surface area (Å²) in [4.78, 5) is 43.7. The molecule has 0 heterocycles. The van der Waals surface area contributed by atoms with E-state index >= 15 is 0 Å². The molecule has 0 saturated carbocycles. The van der Waals surface area contributed by atoms with E-state index in [4.69, 9.17) is 5.73 Å². The van der Waals surface area contributed by atoms with E-state index in [0.29, 0.717) is 0 Å². The summed E-state index contributed by atoms with van der Waals surface area (Å²) < 4.78 is 0. The van der Waals surface area contributed by atoms with Gasteiger partial charge in [0.2, 0.25) is 0 Å². The largest absolute Gasteiger partial charge is 1.00 e. The molecule has 0 aromatic carbocycles.